The number of hydrogen-bond acceptors (Lipinski definition) is 3. The molecule has 2 aromatic carbocycles. The van der Waals surface area contributed by atoms with Crippen LogP contribution in [0, 0.1) is 0 Å². The minimum atomic E-state index is 0.188. The first kappa shape index (κ1) is 11.1. The summed E-state index contributed by atoms with van der Waals surface area (Å²) in [7, 11) is 0. The van der Waals surface area contributed by atoms with E-state index in [0.29, 0.717) is 12.6 Å². The molecule has 0 bridgehead atoms. The highest BCUT2D eigenvalue weighted by molar-refractivity contribution is 5.86. The normalized spacial score (nSPS) is 16.2. The van der Waals surface area contributed by atoms with Crippen LogP contribution in [0.1, 0.15) is 18.5 Å². The number of benzene rings is 2. The molecule has 1 N–H and O–H groups in total. The van der Waals surface area contributed by atoms with Crippen LogP contribution in [-0.4, -0.2) is 19.2 Å². The quantitative estimate of drug-likeness (QED) is 0.875. The number of nitrogens with one attached hydrogen (secondary N) is 1. The molecule has 3 nitrogen and oxygen atoms in total. The van der Waals surface area contributed by atoms with Crippen LogP contribution in [0.5, 0.6) is 0 Å². The topological polar surface area (TPSA) is 33.6 Å². The van der Waals surface area contributed by atoms with Gasteiger partial charge in [-0.2, -0.15) is 0 Å². The predicted molar refractivity (Wildman–Crippen MR) is 73.8 cm³/mol. The third kappa shape index (κ3) is 2.04. The number of amidine groups is 1. The molecule has 1 heterocycles. The van der Waals surface area contributed by atoms with Gasteiger partial charge in [0.05, 0.1) is 12.6 Å². The number of ether oxygens (including phenoxy) is 1. The van der Waals surface area contributed by atoms with Gasteiger partial charge < -0.3 is 10.1 Å². The molecule has 0 saturated carbocycles. The predicted octanol–water partition coefficient (Wildman–Crippen LogP) is 2.88. The number of aliphatic imine (C=N–C) groups is 1. The Morgan fingerprint density at radius 1 is 1.17 bits per heavy atom. The number of rotatable bonds is 2. The molecular weight excluding hydrogens is 224 g/mol. The largest absolute Gasteiger partial charge is 0.463 e. The van der Waals surface area contributed by atoms with Crippen molar-refractivity contribution in [2.45, 2.75) is 13.0 Å². The zero-order valence-electron chi connectivity index (χ0n) is 10.4. The van der Waals surface area contributed by atoms with Gasteiger partial charge in [0.2, 0.25) is 0 Å². The Bertz CT molecular complexity index is 587. The smallest absolute Gasteiger partial charge is 0.285 e. The van der Waals surface area contributed by atoms with Crippen molar-refractivity contribution in [3.8, 4) is 0 Å². The molecule has 0 aromatic heterocycles. The average Bonchev–Trinajstić information content (AvgIpc) is 2.91. The van der Waals surface area contributed by atoms with E-state index in [-0.39, 0.29) is 6.04 Å². The van der Waals surface area contributed by atoms with Gasteiger partial charge in [-0.25, -0.2) is 4.99 Å². The van der Waals surface area contributed by atoms with Crippen LogP contribution in [-0.2, 0) is 4.74 Å². The van der Waals surface area contributed by atoms with E-state index in [9.17, 15) is 0 Å². The maximum atomic E-state index is 5.40. The van der Waals surface area contributed by atoms with Crippen molar-refractivity contribution in [3.05, 3.63) is 48.0 Å². The van der Waals surface area contributed by atoms with Crippen molar-refractivity contribution in [2.24, 2.45) is 4.99 Å². The lowest BCUT2D eigenvalue weighted by molar-refractivity contribution is 0.327. The summed E-state index contributed by atoms with van der Waals surface area (Å²) in [5.41, 5.74) is 1.27. The maximum absolute atomic E-state index is 5.40. The first-order chi connectivity index (χ1) is 8.84. The van der Waals surface area contributed by atoms with Crippen LogP contribution in [0.2, 0.25) is 0 Å². The summed E-state index contributed by atoms with van der Waals surface area (Å²) in [5, 5.41) is 5.85. The van der Waals surface area contributed by atoms with E-state index in [1.807, 2.05) is 0 Å². The Balaban J connectivity index is 1.93. The molecule has 18 heavy (non-hydrogen) atoms. The SMILES string of the molecule is CC(NC1=NCCO1)c1cccc2ccccc12. The van der Waals surface area contributed by atoms with Crippen molar-refractivity contribution in [1.82, 2.24) is 5.32 Å². The monoisotopic (exact) mass is 240 g/mol. The molecule has 0 saturated heterocycles. The maximum Gasteiger partial charge on any atom is 0.285 e. The number of nitrogens with zero attached hydrogens (tertiary/aromatic N) is 1. The van der Waals surface area contributed by atoms with Crippen molar-refractivity contribution >= 4 is 16.8 Å². The fourth-order valence-electron chi connectivity index (χ4n) is 2.31. The van der Waals surface area contributed by atoms with Crippen LogP contribution in [0.3, 0.4) is 0 Å². The van der Waals surface area contributed by atoms with Gasteiger partial charge in [0.25, 0.3) is 6.02 Å². The minimum absolute atomic E-state index is 0.188. The third-order valence-corrected chi connectivity index (χ3v) is 3.22. The van der Waals surface area contributed by atoms with E-state index in [1.165, 1.54) is 16.3 Å². The molecule has 1 atom stereocenters. The number of fused-ring (bicyclic) bond motifs is 1. The zero-order valence-corrected chi connectivity index (χ0v) is 10.4. The van der Waals surface area contributed by atoms with Gasteiger partial charge in [-0.3, -0.25) is 0 Å². The average molecular weight is 240 g/mol. The van der Waals surface area contributed by atoms with E-state index in [1.54, 1.807) is 0 Å². The van der Waals surface area contributed by atoms with E-state index >= 15 is 0 Å². The highest BCUT2D eigenvalue weighted by atomic mass is 16.5. The molecule has 1 aliphatic heterocycles. The van der Waals surface area contributed by atoms with Gasteiger partial charge in [0.15, 0.2) is 0 Å². The molecule has 0 radical (unpaired) electrons. The minimum Gasteiger partial charge on any atom is -0.463 e. The van der Waals surface area contributed by atoms with Crippen LogP contribution >= 0.6 is 0 Å². The van der Waals surface area contributed by atoms with Crippen LogP contribution in [0.4, 0.5) is 0 Å². The molecule has 0 aliphatic carbocycles. The van der Waals surface area contributed by atoms with Gasteiger partial charge in [0.1, 0.15) is 6.61 Å². The molecule has 3 heteroatoms. The molecule has 0 amide bonds. The Hall–Kier alpha value is -2.03. The molecule has 92 valence electrons. The summed E-state index contributed by atoms with van der Waals surface area (Å²) in [5.74, 6) is 0. The van der Waals surface area contributed by atoms with E-state index < -0.39 is 0 Å². The second kappa shape index (κ2) is 4.69. The van der Waals surface area contributed by atoms with E-state index in [4.69, 9.17) is 4.74 Å². The second-order valence-electron chi connectivity index (χ2n) is 4.47. The van der Waals surface area contributed by atoms with Crippen molar-refractivity contribution in [3.63, 3.8) is 0 Å². The van der Waals surface area contributed by atoms with Gasteiger partial charge in [0, 0.05) is 0 Å². The van der Waals surface area contributed by atoms with E-state index in [0.717, 1.165) is 6.54 Å². The summed E-state index contributed by atoms with van der Waals surface area (Å²) in [4.78, 5) is 4.26. The van der Waals surface area contributed by atoms with Crippen LogP contribution in [0.25, 0.3) is 10.8 Å². The summed E-state index contributed by atoms with van der Waals surface area (Å²) < 4.78 is 5.40. The molecule has 3 rings (SSSR count). The lowest BCUT2D eigenvalue weighted by Gasteiger charge is -2.16. The lowest BCUT2D eigenvalue weighted by Crippen LogP contribution is -2.26. The lowest BCUT2D eigenvalue weighted by atomic mass is 10.00. The summed E-state index contributed by atoms with van der Waals surface area (Å²) >= 11 is 0. The molecule has 0 spiro atoms. The van der Waals surface area contributed by atoms with Gasteiger partial charge in [-0.05, 0) is 23.3 Å². The molecule has 1 unspecified atom stereocenters. The van der Waals surface area contributed by atoms with Crippen molar-refractivity contribution < 1.29 is 4.74 Å². The second-order valence-corrected chi connectivity index (χ2v) is 4.47. The molecule has 1 aliphatic rings. The Morgan fingerprint density at radius 3 is 2.83 bits per heavy atom. The Kier molecular flexibility index (Phi) is 2.89. The molecule has 0 fully saturated rings. The summed E-state index contributed by atoms with van der Waals surface area (Å²) in [6.07, 6.45) is 0. The first-order valence-corrected chi connectivity index (χ1v) is 6.26. The summed E-state index contributed by atoms with van der Waals surface area (Å²) in [6, 6.07) is 15.6. The zero-order chi connectivity index (χ0) is 12.4. The van der Waals surface area contributed by atoms with Gasteiger partial charge >= 0.3 is 0 Å². The third-order valence-electron chi connectivity index (χ3n) is 3.22. The highest BCUT2D eigenvalue weighted by Crippen LogP contribution is 2.24. The number of hydrogen-bond donors (Lipinski definition) is 1. The van der Waals surface area contributed by atoms with Crippen molar-refractivity contribution in [1.29, 1.82) is 0 Å². The van der Waals surface area contributed by atoms with E-state index in [2.05, 4.69) is 59.7 Å². The van der Waals surface area contributed by atoms with Crippen molar-refractivity contribution in [2.75, 3.05) is 13.2 Å². The van der Waals surface area contributed by atoms with Crippen LogP contribution < -0.4 is 5.32 Å². The Morgan fingerprint density at radius 2 is 2.00 bits per heavy atom. The standard InChI is InChI=1S/C15H16N2O/c1-11(17-15-16-9-10-18-15)13-8-4-6-12-5-2-3-7-14(12)13/h2-8,11H,9-10H2,1H3,(H,16,17). The fraction of sp³-hybridized carbons (Fsp3) is 0.267. The highest BCUT2D eigenvalue weighted by Gasteiger charge is 2.13. The van der Waals surface area contributed by atoms with Gasteiger partial charge in [-0.15, -0.1) is 0 Å². The molecule has 2 aromatic rings. The molecular formula is C15H16N2O. The first-order valence-electron chi connectivity index (χ1n) is 6.26. The van der Waals surface area contributed by atoms with Crippen LogP contribution in [0.15, 0.2) is 47.5 Å². The Labute approximate surface area is 106 Å². The fourth-order valence-corrected chi connectivity index (χ4v) is 2.31. The summed E-state index contributed by atoms with van der Waals surface area (Å²) in [6.45, 7) is 3.57. The van der Waals surface area contributed by atoms with Gasteiger partial charge in [-0.1, -0.05) is 42.5 Å².